The van der Waals surface area contributed by atoms with Crippen LogP contribution in [0.1, 0.15) is 34.6 Å². The molecule has 8 heteroatoms. The average molecular weight is 385 g/mol. The lowest BCUT2D eigenvalue weighted by atomic mass is 10.1. The third kappa shape index (κ3) is 6.19. The molecule has 0 saturated heterocycles. The third-order valence-corrected chi connectivity index (χ3v) is 4.60. The fourth-order valence-corrected chi connectivity index (χ4v) is 2.92. The lowest BCUT2D eigenvalue weighted by Gasteiger charge is -2.06. The number of aliphatic carboxylic acids is 1. The van der Waals surface area contributed by atoms with Crippen LogP contribution in [0.4, 0.5) is 5.69 Å². The van der Waals surface area contributed by atoms with Crippen molar-refractivity contribution in [1.29, 1.82) is 0 Å². The molecule has 0 aliphatic heterocycles. The van der Waals surface area contributed by atoms with Gasteiger partial charge >= 0.3 is 5.97 Å². The van der Waals surface area contributed by atoms with E-state index in [0.29, 0.717) is 22.5 Å². The summed E-state index contributed by atoms with van der Waals surface area (Å²) in [7, 11) is 0. The molecule has 1 aromatic heterocycles. The number of benzene rings is 1. The maximum atomic E-state index is 12.1. The maximum Gasteiger partial charge on any atom is 0.328 e. The number of carbonyl (C=O) groups excluding carboxylic acids is 2. The Kier molecular flexibility index (Phi) is 7.01. The van der Waals surface area contributed by atoms with Gasteiger partial charge in [0, 0.05) is 28.1 Å². The van der Waals surface area contributed by atoms with Gasteiger partial charge in [-0.1, -0.05) is 19.1 Å². The van der Waals surface area contributed by atoms with Crippen LogP contribution in [-0.2, 0) is 16.0 Å². The molecule has 0 aliphatic rings. The molecule has 7 nitrogen and oxygen atoms in total. The molecule has 0 spiro atoms. The molecule has 1 aromatic carbocycles. The quantitative estimate of drug-likeness (QED) is 0.387. The lowest BCUT2D eigenvalue weighted by Crippen LogP contribution is -2.18. The van der Waals surface area contributed by atoms with Crippen molar-refractivity contribution < 1.29 is 19.5 Å². The zero-order chi connectivity index (χ0) is 19.8. The summed E-state index contributed by atoms with van der Waals surface area (Å²) in [5, 5.41) is 17.0. The molecule has 0 atom stereocenters. The van der Waals surface area contributed by atoms with Gasteiger partial charge in [-0.25, -0.2) is 10.2 Å². The highest BCUT2D eigenvalue weighted by Crippen LogP contribution is 2.15. The monoisotopic (exact) mass is 385 g/mol. The van der Waals surface area contributed by atoms with E-state index in [9.17, 15) is 14.4 Å². The highest BCUT2D eigenvalue weighted by atomic mass is 32.1. The number of thiophene rings is 1. The number of hydrogen-bond acceptors (Lipinski definition) is 5. The maximum absolute atomic E-state index is 12.1. The van der Waals surface area contributed by atoms with Crippen LogP contribution in [0.15, 0.2) is 53.0 Å². The van der Waals surface area contributed by atoms with Crippen molar-refractivity contribution in [2.24, 2.45) is 5.10 Å². The van der Waals surface area contributed by atoms with Gasteiger partial charge in [0.2, 0.25) is 5.91 Å². The average Bonchev–Trinajstić information content (AvgIpc) is 3.13. The molecule has 0 unspecified atom stereocenters. The van der Waals surface area contributed by atoms with Crippen molar-refractivity contribution in [3.63, 3.8) is 0 Å². The Morgan fingerprint density at radius 2 is 1.96 bits per heavy atom. The zero-order valence-electron chi connectivity index (χ0n) is 14.9. The van der Waals surface area contributed by atoms with Gasteiger partial charge in [-0.3, -0.25) is 9.59 Å². The van der Waals surface area contributed by atoms with E-state index in [4.69, 9.17) is 5.11 Å². The number of amides is 2. The molecule has 0 saturated carbocycles. The van der Waals surface area contributed by atoms with Gasteiger partial charge in [0.25, 0.3) is 5.91 Å². The molecule has 140 valence electrons. The molecule has 0 bridgehead atoms. The molecular formula is C19H19N3O4S. The lowest BCUT2D eigenvalue weighted by molar-refractivity contribution is -0.131. The second-order valence-electron chi connectivity index (χ2n) is 5.54. The molecule has 2 rings (SSSR count). The smallest absolute Gasteiger partial charge is 0.328 e. The van der Waals surface area contributed by atoms with Crippen molar-refractivity contribution in [2.75, 3.05) is 5.32 Å². The Bertz CT molecular complexity index is 915. The van der Waals surface area contributed by atoms with E-state index in [1.165, 1.54) is 11.3 Å². The van der Waals surface area contributed by atoms with Crippen LogP contribution >= 0.6 is 11.3 Å². The zero-order valence-corrected chi connectivity index (χ0v) is 15.7. The molecule has 3 N–H and O–H groups in total. The van der Waals surface area contributed by atoms with Crippen LogP contribution < -0.4 is 10.7 Å². The van der Waals surface area contributed by atoms with E-state index < -0.39 is 11.9 Å². The van der Waals surface area contributed by atoms with E-state index in [0.717, 1.165) is 23.5 Å². The summed E-state index contributed by atoms with van der Waals surface area (Å²) in [6.07, 6.45) is 2.57. The Labute approximate surface area is 160 Å². The van der Waals surface area contributed by atoms with Gasteiger partial charge in [-0.15, -0.1) is 11.3 Å². The van der Waals surface area contributed by atoms with Gasteiger partial charge in [-0.05, 0) is 37.1 Å². The molecule has 0 radical (unpaired) electrons. The highest BCUT2D eigenvalue weighted by molar-refractivity contribution is 7.10. The number of aryl methyl sites for hydroxylation is 1. The second-order valence-corrected chi connectivity index (χ2v) is 6.53. The van der Waals surface area contributed by atoms with Gasteiger partial charge in [0.05, 0.1) is 11.3 Å². The van der Waals surface area contributed by atoms with E-state index in [2.05, 4.69) is 15.8 Å². The number of hydrazone groups is 1. The second kappa shape index (κ2) is 9.44. The number of nitrogens with one attached hydrogen (secondary N) is 2. The predicted octanol–water partition coefficient (Wildman–Crippen LogP) is 3.04. The summed E-state index contributed by atoms with van der Waals surface area (Å²) in [5.74, 6) is -2.04. The standard InChI is InChI=1S/C19H19N3O4S/c1-3-16-10-14(11-27-16)19(26)22-21-12(2)13-5-4-6-15(9-13)20-17(23)7-8-18(24)25/h4-11H,3H2,1-2H3,(H,20,23)(H,22,26)(H,24,25). The summed E-state index contributed by atoms with van der Waals surface area (Å²) in [6.45, 7) is 3.76. The number of nitrogens with zero attached hydrogens (tertiary/aromatic N) is 1. The summed E-state index contributed by atoms with van der Waals surface area (Å²) in [4.78, 5) is 35.3. The van der Waals surface area contributed by atoms with Crippen LogP contribution in [0, 0.1) is 0 Å². The van der Waals surface area contributed by atoms with Crippen molar-refractivity contribution in [3.8, 4) is 0 Å². The Balaban J connectivity index is 2.04. The SMILES string of the molecule is CCc1cc(C(=O)NN=C(C)c2cccc(NC(=O)C=CC(=O)O)c2)cs1. The summed E-state index contributed by atoms with van der Waals surface area (Å²) in [5.41, 5.74) is 4.84. The first-order valence-corrected chi connectivity index (χ1v) is 9.01. The van der Waals surface area contributed by atoms with Gasteiger partial charge in [-0.2, -0.15) is 5.10 Å². The minimum Gasteiger partial charge on any atom is -0.478 e. The minimum absolute atomic E-state index is 0.284. The number of rotatable bonds is 7. The first-order chi connectivity index (χ1) is 12.9. The van der Waals surface area contributed by atoms with Crippen molar-refractivity contribution in [2.45, 2.75) is 20.3 Å². The van der Waals surface area contributed by atoms with Crippen molar-refractivity contribution in [3.05, 3.63) is 63.9 Å². The summed E-state index contributed by atoms with van der Waals surface area (Å²) in [6, 6.07) is 8.69. The largest absolute Gasteiger partial charge is 0.478 e. The van der Waals surface area contributed by atoms with E-state index in [-0.39, 0.29) is 5.91 Å². The van der Waals surface area contributed by atoms with E-state index >= 15 is 0 Å². The fraction of sp³-hybridized carbons (Fsp3) is 0.158. The number of hydrogen-bond donors (Lipinski definition) is 3. The van der Waals surface area contributed by atoms with Crippen molar-refractivity contribution >= 4 is 40.5 Å². The molecular weight excluding hydrogens is 366 g/mol. The van der Waals surface area contributed by atoms with Gasteiger partial charge < -0.3 is 10.4 Å². The molecule has 1 heterocycles. The molecule has 27 heavy (non-hydrogen) atoms. The number of carboxylic acids is 1. The predicted molar refractivity (Wildman–Crippen MR) is 105 cm³/mol. The highest BCUT2D eigenvalue weighted by Gasteiger charge is 2.08. The summed E-state index contributed by atoms with van der Waals surface area (Å²) < 4.78 is 0. The van der Waals surface area contributed by atoms with Crippen LogP contribution in [-0.4, -0.2) is 28.6 Å². The molecule has 0 fully saturated rings. The van der Waals surface area contributed by atoms with E-state index in [1.807, 2.05) is 13.0 Å². The number of carboxylic acid groups (broad SMARTS) is 1. The van der Waals surface area contributed by atoms with Crippen molar-refractivity contribution in [1.82, 2.24) is 5.43 Å². The van der Waals surface area contributed by atoms with Gasteiger partial charge in [0.15, 0.2) is 0 Å². The molecule has 0 aliphatic carbocycles. The van der Waals surface area contributed by atoms with Crippen LogP contribution in [0.3, 0.4) is 0 Å². The number of anilines is 1. The fourth-order valence-electron chi connectivity index (χ4n) is 2.10. The topological polar surface area (TPSA) is 108 Å². The van der Waals surface area contributed by atoms with Gasteiger partial charge in [0.1, 0.15) is 0 Å². The molecule has 2 aromatic rings. The van der Waals surface area contributed by atoms with Crippen LogP contribution in [0.2, 0.25) is 0 Å². The van der Waals surface area contributed by atoms with Crippen LogP contribution in [0.25, 0.3) is 0 Å². The summed E-state index contributed by atoms with van der Waals surface area (Å²) >= 11 is 1.53. The Morgan fingerprint density at radius 3 is 2.63 bits per heavy atom. The number of carbonyl (C=O) groups is 3. The first kappa shape index (κ1) is 20.1. The van der Waals surface area contributed by atoms with Crippen LogP contribution in [0.5, 0.6) is 0 Å². The third-order valence-electron chi connectivity index (χ3n) is 3.51. The first-order valence-electron chi connectivity index (χ1n) is 8.13. The normalized spacial score (nSPS) is 11.4. The minimum atomic E-state index is -1.20. The Morgan fingerprint density at radius 1 is 1.19 bits per heavy atom. The molecule has 2 amide bonds. The van der Waals surface area contributed by atoms with E-state index in [1.54, 1.807) is 36.6 Å². The Hall–Kier alpha value is -3.26.